The van der Waals surface area contributed by atoms with E-state index in [1.807, 2.05) is 0 Å². The van der Waals surface area contributed by atoms with Gasteiger partial charge in [0.1, 0.15) is 9.86 Å². The van der Waals surface area contributed by atoms with Crippen LogP contribution in [0.4, 0.5) is 5.95 Å². The van der Waals surface area contributed by atoms with Crippen LogP contribution in [0.25, 0.3) is 10.2 Å². The molecular weight excluding hydrogens is 308 g/mol. The summed E-state index contributed by atoms with van der Waals surface area (Å²) in [4.78, 5) is 28.9. The van der Waals surface area contributed by atoms with E-state index in [1.54, 1.807) is 11.3 Å². The van der Waals surface area contributed by atoms with Gasteiger partial charge in [-0.2, -0.15) is 0 Å². The molecule has 3 aromatic heterocycles. The van der Waals surface area contributed by atoms with Crippen LogP contribution in [0.3, 0.4) is 0 Å². The number of thiophene rings is 1. The molecule has 0 amide bonds. The maximum atomic E-state index is 11.3. The van der Waals surface area contributed by atoms with Gasteiger partial charge in [-0.1, -0.05) is 6.92 Å². The molecule has 0 spiro atoms. The number of aromatic amines is 1. The molecule has 3 heterocycles. The highest BCUT2D eigenvalue weighted by Gasteiger charge is 2.13. The third-order valence-corrected chi connectivity index (χ3v) is 4.81. The summed E-state index contributed by atoms with van der Waals surface area (Å²) in [6.45, 7) is 2.09. The van der Waals surface area contributed by atoms with Crippen molar-refractivity contribution in [2.24, 2.45) is 5.84 Å². The predicted octanol–water partition coefficient (Wildman–Crippen LogP) is 1.77. The van der Waals surface area contributed by atoms with Gasteiger partial charge in [0, 0.05) is 22.5 Å². The standard InChI is InChI=1S/C12H12N6OS2/c1-2-6-5-7-9(20-6)16-11(18-13)17-10(7)21-12-14-4-3-8(19)15-12/h3-5H,2,13H2,1H3,(H,14,15,19)(H,16,17,18). The summed E-state index contributed by atoms with van der Waals surface area (Å²) in [6.07, 6.45) is 2.39. The average molecular weight is 320 g/mol. The maximum absolute atomic E-state index is 11.3. The van der Waals surface area contributed by atoms with Crippen LogP contribution in [0.2, 0.25) is 0 Å². The van der Waals surface area contributed by atoms with Gasteiger partial charge in [0.2, 0.25) is 5.95 Å². The van der Waals surface area contributed by atoms with E-state index in [0.29, 0.717) is 16.1 Å². The fourth-order valence-electron chi connectivity index (χ4n) is 1.76. The third-order valence-electron chi connectivity index (χ3n) is 2.73. The number of nitrogens with one attached hydrogen (secondary N) is 2. The second kappa shape index (κ2) is 5.80. The van der Waals surface area contributed by atoms with Gasteiger partial charge in [-0.15, -0.1) is 11.3 Å². The van der Waals surface area contributed by atoms with Gasteiger partial charge in [-0.25, -0.2) is 20.8 Å². The van der Waals surface area contributed by atoms with E-state index in [0.717, 1.165) is 16.6 Å². The Morgan fingerprint density at radius 3 is 3.05 bits per heavy atom. The summed E-state index contributed by atoms with van der Waals surface area (Å²) in [6, 6.07) is 3.43. The Labute approximate surface area is 128 Å². The molecular formula is C12H12N6OS2. The van der Waals surface area contributed by atoms with Crippen LogP contribution in [-0.4, -0.2) is 19.9 Å². The topological polar surface area (TPSA) is 110 Å². The molecule has 0 unspecified atom stereocenters. The Balaban J connectivity index is 2.11. The Morgan fingerprint density at radius 1 is 1.48 bits per heavy atom. The maximum Gasteiger partial charge on any atom is 0.251 e. The van der Waals surface area contributed by atoms with Crippen LogP contribution in [0.1, 0.15) is 11.8 Å². The van der Waals surface area contributed by atoms with Crippen molar-refractivity contribution in [2.75, 3.05) is 5.43 Å². The van der Waals surface area contributed by atoms with E-state index in [1.165, 1.54) is 28.9 Å². The zero-order chi connectivity index (χ0) is 14.8. The highest BCUT2D eigenvalue weighted by Crippen LogP contribution is 2.34. The van der Waals surface area contributed by atoms with E-state index < -0.39 is 0 Å². The molecule has 0 saturated carbocycles. The summed E-state index contributed by atoms with van der Waals surface area (Å²) in [5.74, 6) is 5.75. The first-order chi connectivity index (χ1) is 10.2. The van der Waals surface area contributed by atoms with E-state index in [-0.39, 0.29) is 5.56 Å². The number of H-pyrrole nitrogens is 1. The van der Waals surface area contributed by atoms with Crippen LogP contribution in [-0.2, 0) is 6.42 Å². The van der Waals surface area contributed by atoms with E-state index in [4.69, 9.17) is 5.84 Å². The zero-order valence-corrected chi connectivity index (χ0v) is 12.7. The monoisotopic (exact) mass is 320 g/mol. The number of anilines is 1. The summed E-state index contributed by atoms with van der Waals surface area (Å²) >= 11 is 2.88. The average Bonchev–Trinajstić information content (AvgIpc) is 2.90. The number of aryl methyl sites for hydroxylation is 1. The number of nitrogen functional groups attached to an aromatic ring is 1. The van der Waals surface area contributed by atoms with Gasteiger partial charge in [0.15, 0.2) is 5.16 Å². The highest BCUT2D eigenvalue weighted by atomic mass is 32.2. The molecule has 0 aliphatic heterocycles. The lowest BCUT2D eigenvalue weighted by molar-refractivity contribution is 0.932. The molecule has 4 N–H and O–H groups in total. The molecule has 3 aromatic rings. The molecule has 0 aliphatic carbocycles. The Morgan fingerprint density at radius 2 is 2.33 bits per heavy atom. The second-order valence-corrected chi connectivity index (χ2v) is 6.22. The van der Waals surface area contributed by atoms with Gasteiger partial charge < -0.3 is 4.98 Å². The summed E-state index contributed by atoms with van der Waals surface area (Å²) in [5, 5.41) is 2.13. The Kier molecular flexibility index (Phi) is 3.86. The molecule has 9 heteroatoms. The minimum atomic E-state index is -0.200. The smallest absolute Gasteiger partial charge is 0.251 e. The van der Waals surface area contributed by atoms with Crippen molar-refractivity contribution in [3.63, 3.8) is 0 Å². The number of fused-ring (bicyclic) bond motifs is 1. The summed E-state index contributed by atoms with van der Waals surface area (Å²) in [5.41, 5.74) is 2.26. The predicted molar refractivity (Wildman–Crippen MR) is 83.6 cm³/mol. The normalized spacial score (nSPS) is 11.0. The molecule has 3 rings (SSSR count). The molecule has 0 aromatic carbocycles. The first-order valence-electron chi connectivity index (χ1n) is 6.20. The van der Waals surface area contributed by atoms with Crippen molar-refractivity contribution in [3.8, 4) is 0 Å². The van der Waals surface area contributed by atoms with Gasteiger partial charge in [0.05, 0.1) is 0 Å². The number of aromatic nitrogens is 4. The Bertz CT molecular complexity index is 843. The first kappa shape index (κ1) is 14.0. The van der Waals surface area contributed by atoms with Gasteiger partial charge in [0.25, 0.3) is 5.56 Å². The lowest BCUT2D eigenvalue weighted by Crippen LogP contribution is -2.10. The number of rotatable bonds is 4. The lowest BCUT2D eigenvalue weighted by Gasteiger charge is -2.04. The molecule has 108 valence electrons. The minimum Gasteiger partial charge on any atom is -0.301 e. The lowest BCUT2D eigenvalue weighted by atomic mass is 10.3. The van der Waals surface area contributed by atoms with Crippen molar-refractivity contribution in [1.29, 1.82) is 0 Å². The van der Waals surface area contributed by atoms with Crippen molar-refractivity contribution in [2.45, 2.75) is 23.5 Å². The molecule has 0 bridgehead atoms. The molecule has 0 saturated heterocycles. The fourth-order valence-corrected chi connectivity index (χ4v) is 3.63. The minimum absolute atomic E-state index is 0.200. The van der Waals surface area contributed by atoms with Crippen LogP contribution in [0.5, 0.6) is 0 Å². The third kappa shape index (κ3) is 2.89. The van der Waals surface area contributed by atoms with Crippen LogP contribution in [0.15, 0.2) is 33.3 Å². The fraction of sp³-hybridized carbons (Fsp3) is 0.167. The van der Waals surface area contributed by atoms with E-state index in [9.17, 15) is 4.79 Å². The van der Waals surface area contributed by atoms with Gasteiger partial charge in [-0.05, 0) is 24.2 Å². The number of hydrogen-bond donors (Lipinski definition) is 3. The molecule has 0 aliphatic rings. The van der Waals surface area contributed by atoms with Crippen LogP contribution in [0, 0.1) is 0 Å². The molecule has 0 radical (unpaired) electrons. The summed E-state index contributed by atoms with van der Waals surface area (Å²) in [7, 11) is 0. The largest absolute Gasteiger partial charge is 0.301 e. The Hall–Kier alpha value is -1.97. The summed E-state index contributed by atoms with van der Waals surface area (Å²) < 4.78 is 0. The number of hydrogen-bond acceptors (Lipinski definition) is 8. The van der Waals surface area contributed by atoms with Crippen molar-refractivity contribution in [3.05, 3.63) is 33.6 Å². The van der Waals surface area contributed by atoms with Crippen molar-refractivity contribution < 1.29 is 0 Å². The van der Waals surface area contributed by atoms with Gasteiger partial charge in [-0.3, -0.25) is 10.2 Å². The molecule has 21 heavy (non-hydrogen) atoms. The highest BCUT2D eigenvalue weighted by molar-refractivity contribution is 7.99. The molecule has 0 atom stereocenters. The van der Waals surface area contributed by atoms with E-state index in [2.05, 4.69) is 38.4 Å². The van der Waals surface area contributed by atoms with Crippen LogP contribution < -0.4 is 16.8 Å². The molecule has 0 fully saturated rings. The zero-order valence-electron chi connectivity index (χ0n) is 11.1. The quantitative estimate of drug-likeness (QED) is 0.291. The van der Waals surface area contributed by atoms with Crippen molar-refractivity contribution >= 4 is 39.3 Å². The second-order valence-electron chi connectivity index (χ2n) is 4.12. The number of nitrogens with zero attached hydrogens (tertiary/aromatic N) is 3. The van der Waals surface area contributed by atoms with E-state index >= 15 is 0 Å². The van der Waals surface area contributed by atoms with Gasteiger partial charge >= 0.3 is 0 Å². The van der Waals surface area contributed by atoms with Crippen molar-refractivity contribution in [1.82, 2.24) is 19.9 Å². The SMILES string of the molecule is CCc1cc2c(Sc3nccc(=O)[nH]3)nc(NN)nc2s1. The molecule has 7 nitrogen and oxygen atoms in total. The number of nitrogens with two attached hydrogens (primary N) is 1. The first-order valence-corrected chi connectivity index (χ1v) is 7.83. The number of hydrazine groups is 1. The van der Waals surface area contributed by atoms with Crippen LogP contribution >= 0.6 is 23.1 Å².